The molecule has 0 saturated heterocycles. The third-order valence-corrected chi connectivity index (χ3v) is 10.7. The number of Topliss-reactive ketones (excluding diaryl/α,β-unsaturated/α-hetero) is 2. The second-order valence-electron chi connectivity index (χ2n) is 15.4. The van der Waals surface area contributed by atoms with Crippen molar-refractivity contribution >= 4 is 17.3 Å². The first-order valence-corrected chi connectivity index (χ1v) is 20.8. The van der Waals surface area contributed by atoms with E-state index in [1.165, 1.54) is 48.5 Å². The van der Waals surface area contributed by atoms with Crippen LogP contribution in [0.5, 0.6) is 40.2 Å². The van der Waals surface area contributed by atoms with Crippen molar-refractivity contribution in [3.05, 3.63) is 244 Å². The van der Waals surface area contributed by atoms with Gasteiger partial charge in [-0.05, 0) is 163 Å². The van der Waals surface area contributed by atoms with E-state index in [0.717, 1.165) is 40.0 Å². The summed E-state index contributed by atoms with van der Waals surface area (Å²) in [5, 5.41) is 0. The maximum atomic E-state index is 15.3. The second kappa shape index (κ2) is 19.5. The van der Waals surface area contributed by atoms with Crippen molar-refractivity contribution in [1.82, 2.24) is 0 Å². The van der Waals surface area contributed by atoms with Crippen LogP contribution in [-0.2, 0) is 12.8 Å². The molecule has 322 valence electrons. The van der Waals surface area contributed by atoms with Gasteiger partial charge < -0.3 is 18.9 Å². The van der Waals surface area contributed by atoms with Crippen LogP contribution in [0.2, 0.25) is 0 Å². The van der Waals surface area contributed by atoms with Gasteiger partial charge in [-0.1, -0.05) is 78.4 Å². The maximum absolute atomic E-state index is 15.3. The van der Waals surface area contributed by atoms with Gasteiger partial charge in [-0.15, -0.1) is 0 Å². The third-order valence-electron chi connectivity index (χ3n) is 10.7. The lowest BCUT2D eigenvalue weighted by molar-refractivity contribution is 0.0147. The largest absolute Gasteiger partial charge is 0.497 e. The van der Waals surface area contributed by atoms with Gasteiger partial charge >= 0.3 is 5.92 Å². The van der Waals surface area contributed by atoms with E-state index in [0.29, 0.717) is 52.0 Å². The highest BCUT2D eigenvalue weighted by Gasteiger charge is 2.47. The predicted molar refractivity (Wildman–Crippen MR) is 246 cm³/mol. The SMILES string of the molecule is COc1ccc(Cc2ccc(Oc3ccc(C(=O)C(F)(F)C(=O)c4ccc(Oc5ccc(Cc6ccc(Oc7ccc(C(=O)c8ccc(C)cc8)cc7)cc6)cc5)cc4)cc3)cc2)cc1. The first-order chi connectivity index (χ1) is 31.5. The first kappa shape index (κ1) is 43.5. The van der Waals surface area contributed by atoms with E-state index in [-0.39, 0.29) is 16.9 Å². The number of ether oxygens (including phenoxy) is 4. The number of benzene rings is 8. The van der Waals surface area contributed by atoms with Gasteiger partial charge in [-0.25, -0.2) is 0 Å². The molecule has 0 radical (unpaired) electrons. The zero-order valence-electron chi connectivity index (χ0n) is 35.5. The number of rotatable bonds is 17. The van der Waals surface area contributed by atoms with Crippen LogP contribution in [-0.4, -0.2) is 30.4 Å². The van der Waals surface area contributed by atoms with Crippen molar-refractivity contribution < 1.29 is 42.1 Å². The summed E-state index contributed by atoms with van der Waals surface area (Å²) in [6.45, 7) is 1.98. The smallest absolute Gasteiger partial charge is 0.371 e. The lowest BCUT2D eigenvalue weighted by Crippen LogP contribution is -2.38. The Labute approximate surface area is 375 Å². The number of ketones is 3. The normalized spacial score (nSPS) is 11.1. The van der Waals surface area contributed by atoms with E-state index < -0.39 is 17.5 Å². The fourth-order valence-corrected chi connectivity index (χ4v) is 7.01. The molecule has 8 aromatic rings. The molecule has 0 aliphatic rings. The molecule has 0 unspecified atom stereocenters. The summed E-state index contributed by atoms with van der Waals surface area (Å²) >= 11 is 0. The molecule has 0 saturated carbocycles. The van der Waals surface area contributed by atoms with E-state index in [9.17, 15) is 14.4 Å². The van der Waals surface area contributed by atoms with Crippen molar-refractivity contribution in [2.75, 3.05) is 7.11 Å². The van der Waals surface area contributed by atoms with Crippen LogP contribution in [0.4, 0.5) is 8.78 Å². The third kappa shape index (κ3) is 10.9. The van der Waals surface area contributed by atoms with Crippen LogP contribution in [0.1, 0.15) is 64.5 Å². The van der Waals surface area contributed by atoms with Gasteiger partial charge in [0.15, 0.2) is 5.78 Å². The van der Waals surface area contributed by atoms with Gasteiger partial charge in [0, 0.05) is 22.3 Å². The fourth-order valence-electron chi connectivity index (χ4n) is 7.01. The monoisotopic (exact) mass is 864 g/mol. The molecule has 0 N–H and O–H groups in total. The highest BCUT2D eigenvalue weighted by atomic mass is 19.3. The van der Waals surface area contributed by atoms with Gasteiger partial charge in [0.25, 0.3) is 0 Å². The molecule has 0 atom stereocenters. The Bertz CT molecular complexity index is 2890. The summed E-state index contributed by atoms with van der Waals surface area (Å²) < 4.78 is 53.6. The molecule has 0 spiro atoms. The summed E-state index contributed by atoms with van der Waals surface area (Å²) in [5.41, 5.74) is 5.94. The fraction of sp³-hybridized carbons (Fsp3) is 0.0893. The number of alkyl halides is 2. The Kier molecular flexibility index (Phi) is 13.0. The van der Waals surface area contributed by atoms with E-state index in [1.54, 1.807) is 55.6 Å². The summed E-state index contributed by atoms with van der Waals surface area (Å²) in [4.78, 5) is 38.7. The lowest BCUT2D eigenvalue weighted by atomic mass is 9.97. The molecule has 0 bridgehead atoms. The molecule has 0 aromatic heterocycles. The summed E-state index contributed by atoms with van der Waals surface area (Å²) in [5.74, 6) is -3.79. The molecule has 0 aliphatic carbocycles. The number of hydrogen-bond acceptors (Lipinski definition) is 7. The van der Waals surface area contributed by atoms with Crippen molar-refractivity contribution in [3.8, 4) is 40.2 Å². The summed E-state index contributed by atoms with van der Waals surface area (Å²) in [6.07, 6.45) is 1.37. The Morgan fingerprint density at radius 3 is 0.908 bits per heavy atom. The highest BCUT2D eigenvalue weighted by Crippen LogP contribution is 2.31. The number of methoxy groups -OCH3 is 1. The van der Waals surface area contributed by atoms with Gasteiger partial charge in [-0.3, -0.25) is 14.4 Å². The molecule has 0 heterocycles. The summed E-state index contributed by atoms with van der Waals surface area (Å²) in [6, 6.07) is 55.5. The van der Waals surface area contributed by atoms with Crippen LogP contribution in [0.3, 0.4) is 0 Å². The van der Waals surface area contributed by atoms with Gasteiger partial charge in [-0.2, -0.15) is 8.78 Å². The second-order valence-corrected chi connectivity index (χ2v) is 15.4. The molecule has 65 heavy (non-hydrogen) atoms. The maximum Gasteiger partial charge on any atom is 0.371 e. The molecular weight excluding hydrogens is 823 g/mol. The van der Waals surface area contributed by atoms with Crippen LogP contribution >= 0.6 is 0 Å². The Hall–Kier alpha value is -8.17. The minimum absolute atomic E-state index is 0.0456. The molecule has 9 heteroatoms. The van der Waals surface area contributed by atoms with Gasteiger partial charge in [0.2, 0.25) is 11.6 Å². The number of carbonyl (C=O) groups excluding carboxylic acids is 3. The molecular formula is C56H42F2O7. The van der Waals surface area contributed by atoms with E-state index in [2.05, 4.69) is 0 Å². The Morgan fingerprint density at radius 1 is 0.369 bits per heavy atom. The lowest BCUT2D eigenvalue weighted by Gasteiger charge is -2.15. The number of halogens is 2. The van der Waals surface area contributed by atoms with Crippen molar-refractivity contribution in [3.63, 3.8) is 0 Å². The summed E-state index contributed by atoms with van der Waals surface area (Å²) in [7, 11) is 1.62. The number of aryl methyl sites for hydroxylation is 1. The minimum Gasteiger partial charge on any atom is -0.497 e. The van der Waals surface area contributed by atoms with E-state index >= 15 is 8.78 Å². The molecule has 0 amide bonds. The number of hydrogen-bond donors (Lipinski definition) is 0. The Balaban J connectivity index is 0.800. The van der Waals surface area contributed by atoms with Crippen molar-refractivity contribution in [2.45, 2.75) is 25.7 Å². The molecule has 0 aliphatic heterocycles. The standard InChI is InChI=1S/C56H42F2O7/c1-37-3-13-42(14-4-37)53(59)43-15-29-50(30-16-43)63-47-23-9-40(10-24-47)36-41-11-27-49(28-12-41)65-52-33-19-45(20-34-52)55(61)56(57,58)54(60)44-17-31-51(32-18-44)64-48-25-7-39(8-26-48)35-38-5-21-46(62-2)22-6-38/h3-34H,35-36H2,1-2H3. The topological polar surface area (TPSA) is 88.1 Å². The van der Waals surface area contributed by atoms with Crippen LogP contribution in [0, 0.1) is 6.92 Å². The van der Waals surface area contributed by atoms with Crippen molar-refractivity contribution in [1.29, 1.82) is 0 Å². The van der Waals surface area contributed by atoms with Crippen LogP contribution in [0.15, 0.2) is 194 Å². The molecule has 0 fully saturated rings. The zero-order chi connectivity index (χ0) is 45.3. The van der Waals surface area contributed by atoms with Gasteiger partial charge in [0.05, 0.1) is 7.11 Å². The first-order valence-electron chi connectivity index (χ1n) is 20.8. The van der Waals surface area contributed by atoms with Crippen molar-refractivity contribution in [2.24, 2.45) is 0 Å². The quantitative estimate of drug-likeness (QED) is 0.0665. The predicted octanol–water partition coefficient (Wildman–Crippen LogP) is 13.5. The highest BCUT2D eigenvalue weighted by molar-refractivity contribution is 6.21. The van der Waals surface area contributed by atoms with Crippen LogP contribution < -0.4 is 18.9 Å². The van der Waals surface area contributed by atoms with E-state index in [1.807, 2.05) is 104 Å². The van der Waals surface area contributed by atoms with E-state index in [4.69, 9.17) is 18.9 Å². The molecule has 8 aromatic carbocycles. The Morgan fingerprint density at radius 2 is 0.615 bits per heavy atom. The average molecular weight is 865 g/mol. The minimum atomic E-state index is -4.30. The zero-order valence-corrected chi connectivity index (χ0v) is 35.5. The average Bonchev–Trinajstić information content (AvgIpc) is 3.34. The number of carbonyl (C=O) groups is 3. The van der Waals surface area contributed by atoms with Crippen LogP contribution in [0.25, 0.3) is 0 Å². The molecule has 7 nitrogen and oxygen atoms in total. The molecule has 8 rings (SSSR count). The van der Waals surface area contributed by atoms with Gasteiger partial charge in [0.1, 0.15) is 40.2 Å².